The lowest BCUT2D eigenvalue weighted by Crippen LogP contribution is -2.39. The third-order valence-electron chi connectivity index (χ3n) is 3.16. The lowest BCUT2D eigenvalue weighted by atomic mass is 9.88. The van der Waals surface area contributed by atoms with E-state index in [9.17, 15) is 14.4 Å². The second kappa shape index (κ2) is 5.47. The van der Waals surface area contributed by atoms with Gasteiger partial charge in [-0.3, -0.25) is 14.6 Å². The van der Waals surface area contributed by atoms with Crippen molar-refractivity contribution in [2.75, 3.05) is 6.61 Å². The molecule has 2 heterocycles. The Hall–Kier alpha value is -2.51. The summed E-state index contributed by atoms with van der Waals surface area (Å²) in [6.45, 7) is 4.49. The zero-order valence-corrected chi connectivity index (χ0v) is 12.1. The predicted octanol–water partition coefficient (Wildman–Crippen LogP) is 0.0494. The van der Waals surface area contributed by atoms with Crippen LogP contribution in [0.2, 0.25) is 0 Å². The summed E-state index contributed by atoms with van der Waals surface area (Å²) in [4.78, 5) is 39.9. The van der Waals surface area contributed by atoms with Crippen LogP contribution in [0, 0.1) is 5.41 Å². The number of ether oxygens (including phenoxy) is 1. The van der Waals surface area contributed by atoms with Crippen LogP contribution in [0.4, 0.5) is 0 Å². The third-order valence-corrected chi connectivity index (χ3v) is 3.16. The Labute approximate surface area is 120 Å². The van der Waals surface area contributed by atoms with E-state index in [-0.39, 0.29) is 13.2 Å². The number of hydrogen-bond acceptors (Lipinski definition) is 6. The van der Waals surface area contributed by atoms with Crippen molar-refractivity contribution in [1.82, 2.24) is 19.2 Å². The number of Topliss-reactive ketones (excluding diaryl/α,β-unsaturated/α-hetero) is 1. The predicted molar refractivity (Wildman–Crippen MR) is 72.7 cm³/mol. The molecule has 112 valence electrons. The number of esters is 1. The highest BCUT2D eigenvalue weighted by Gasteiger charge is 2.37. The fourth-order valence-electron chi connectivity index (χ4n) is 1.74. The standard InChI is InChI=1S/C13H16N4O4/c1-4-21-11(19)13(2,3)9(18)8-17-12(20)16-6-5-14-7-10(16)15-17/h5-7H,4,8H2,1-3H3. The van der Waals surface area contributed by atoms with Crippen molar-refractivity contribution in [3.63, 3.8) is 0 Å². The van der Waals surface area contributed by atoms with Crippen LogP contribution < -0.4 is 5.69 Å². The number of aromatic nitrogens is 4. The molecule has 0 spiro atoms. The average Bonchev–Trinajstić information content (AvgIpc) is 2.76. The van der Waals surface area contributed by atoms with Gasteiger partial charge in [0.1, 0.15) is 12.0 Å². The van der Waals surface area contributed by atoms with Gasteiger partial charge in [-0.25, -0.2) is 13.9 Å². The van der Waals surface area contributed by atoms with Crippen LogP contribution in [-0.4, -0.2) is 37.5 Å². The van der Waals surface area contributed by atoms with Gasteiger partial charge >= 0.3 is 11.7 Å². The van der Waals surface area contributed by atoms with Crippen LogP contribution in [0.15, 0.2) is 23.4 Å². The Balaban J connectivity index is 2.28. The molecule has 0 aliphatic rings. The largest absolute Gasteiger partial charge is 0.465 e. The number of rotatable bonds is 5. The average molecular weight is 292 g/mol. The first-order valence-corrected chi connectivity index (χ1v) is 6.47. The van der Waals surface area contributed by atoms with Crippen LogP contribution >= 0.6 is 0 Å². The molecule has 0 aromatic carbocycles. The summed E-state index contributed by atoms with van der Waals surface area (Å²) in [5, 5.41) is 4.00. The minimum Gasteiger partial charge on any atom is -0.465 e. The van der Waals surface area contributed by atoms with Crippen molar-refractivity contribution in [2.45, 2.75) is 27.3 Å². The number of nitrogens with zero attached hydrogens (tertiary/aromatic N) is 4. The molecule has 0 saturated heterocycles. The lowest BCUT2D eigenvalue weighted by molar-refractivity contribution is -0.158. The Morgan fingerprint density at radius 1 is 1.38 bits per heavy atom. The highest BCUT2D eigenvalue weighted by molar-refractivity contribution is 6.02. The van der Waals surface area contributed by atoms with Crippen molar-refractivity contribution in [2.24, 2.45) is 5.41 Å². The molecule has 8 nitrogen and oxygen atoms in total. The van der Waals surface area contributed by atoms with Crippen molar-refractivity contribution < 1.29 is 14.3 Å². The van der Waals surface area contributed by atoms with Crippen LogP contribution in [-0.2, 0) is 20.9 Å². The summed E-state index contributed by atoms with van der Waals surface area (Å²) in [5.41, 5.74) is -1.45. The molecule has 2 aromatic heterocycles. The first-order valence-electron chi connectivity index (χ1n) is 6.47. The fraction of sp³-hybridized carbons (Fsp3) is 0.462. The zero-order valence-electron chi connectivity index (χ0n) is 12.1. The topological polar surface area (TPSA) is 95.6 Å². The van der Waals surface area contributed by atoms with Gasteiger partial charge in [-0.1, -0.05) is 0 Å². The number of hydrogen-bond donors (Lipinski definition) is 0. The number of carbonyl (C=O) groups excluding carboxylic acids is 2. The molecule has 2 aromatic rings. The van der Waals surface area contributed by atoms with Crippen LogP contribution in [0.25, 0.3) is 5.65 Å². The van der Waals surface area contributed by atoms with E-state index in [2.05, 4.69) is 10.1 Å². The van der Waals surface area contributed by atoms with Crippen LogP contribution in [0.1, 0.15) is 20.8 Å². The van der Waals surface area contributed by atoms with Gasteiger partial charge in [0.15, 0.2) is 11.4 Å². The van der Waals surface area contributed by atoms with E-state index >= 15 is 0 Å². The molecule has 0 unspecified atom stereocenters. The van der Waals surface area contributed by atoms with Crippen LogP contribution in [0.5, 0.6) is 0 Å². The second-order valence-corrected chi connectivity index (χ2v) is 5.01. The maximum Gasteiger partial charge on any atom is 0.350 e. The second-order valence-electron chi connectivity index (χ2n) is 5.01. The molecule has 2 rings (SSSR count). The first kappa shape index (κ1) is 14.9. The minimum atomic E-state index is -1.33. The maximum atomic E-state index is 12.3. The minimum absolute atomic E-state index is 0.190. The van der Waals surface area contributed by atoms with Gasteiger partial charge in [-0.15, -0.1) is 5.10 Å². The monoisotopic (exact) mass is 292 g/mol. The van der Waals surface area contributed by atoms with Crippen molar-refractivity contribution in [3.8, 4) is 0 Å². The Morgan fingerprint density at radius 2 is 2.10 bits per heavy atom. The Morgan fingerprint density at radius 3 is 2.71 bits per heavy atom. The molecule has 0 atom stereocenters. The SMILES string of the molecule is CCOC(=O)C(C)(C)C(=O)Cn1nc2cnccn2c1=O. The summed E-state index contributed by atoms with van der Waals surface area (Å²) < 4.78 is 7.16. The van der Waals surface area contributed by atoms with Gasteiger partial charge < -0.3 is 4.74 Å². The Kier molecular flexibility index (Phi) is 3.88. The van der Waals surface area contributed by atoms with Gasteiger partial charge in [-0.2, -0.15) is 0 Å². The van der Waals surface area contributed by atoms with Gasteiger partial charge in [0.05, 0.1) is 12.8 Å². The highest BCUT2D eigenvalue weighted by atomic mass is 16.5. The third kappa shape index (κ3) is 2.69. The fourth-order valence-corrected chi connectivity index (χ4v) is 1.74. The zero-order chi connectivity index (χ0) is 15.6. The van der Waals surface area contributed by atoms with E-state index in [1.165, 1.54) is 36.8 Å². The molecule has 8 heteroatoms. The van der Waals surface area contributed by atoms with E-state index in [1.807, 2.05) is 0 Å². The summed E-state index contributed by atoms with van der Waals surface area (Å²) >= 11 is 0. The molecule has 0 aliphatic carbocycles. The summed E-state index contributed by atoms with van der Waals surface area (Å²) in [5.74, 6) is -1.06. The van der Waals surface area contributed by atoms with E-state index in [4.69, 9.17) is 4.74 Å². The van der Waals surface area contributed by atoms with E-state index in [1.54, 1.807) is 6.92 Å². The smallest absolute Gasteiger partial charge is 0.350 e. The van der Waals surface area contributed by atoms with E-state index in [0.717, 1.165) is 4.68 Å². The quantitative estimate of drug-likeness (QED) is 0.570. The molecule has 0 amide bonds. The summed E-state index contributed by atoms with van der Waals surface area (Å²) in [7, 11) is 0. The first-order chi connectivity index (χ1) is 9.87. The van der Waals surface area contributed by atoms with Gasteiger partial charge in [0, 0.05) is 12.4 Å². The summed E-state index contributed by atoms with van der Waals surface area (Å²) in [6.07, 6.45) is 4.33. The van der Waals surface area contributed by atoms with Gasteiger partial charge in [-0.05, 0) is 20.8 Å². The summed E-state index contributed by atoms with van der Waals surface area (Å²) in [6, 6.07) is 0. The van der Waals surface area contributed by atoms with Crippen LogP contribution in [0.3, 0.4) is 0 Å². The molecule has 0 N–H and O–H groups in total. The van der Waals surface area contributed by atoms with Crippen molar-refractivity contribution in [3.05, 3.63) is 29.1 Å². The molecule has 0 fully saturated rings. The molecule has 0 bridgehead atoms. The lowest BCUT2D eigenvalue weighted by Gasteiger charge is -2.20. The van der Waals surface area contributed by atoms with E-state index < -0.39 is 22.9 Å². The Bertz CT molecular complexity index is 744. The maximum absolute atomic E-state index is 12.3. The number of ketones is 1. The molecular formula is C13H16N4O4. The molecule has 0 saturated carbocycles. The van der Waals surface area contributed by atoms with Gasteiger partial charge in [0.2, 0.25) is 0 Å². The van der Waals surface area contributed by atoms with Crippen molar-refractivity contribution >= 4 is 17.4 Å². The molecule has 0 radical (unpaired) electrons. The number of fused-ring (bicyclic) bond motifs is 1. The number of carbonyl (C=O) groups is 2. The van der Waals surface area contributed by atoms with Crippen molar-refractivity contribution in [1.29, 1.82) is 0 Å². The molecule has 0 aliphatic heterocycles. The molecule has 21 heavy (non-hydrogen) atoms. The highest BCUT2D eigenvalue weighted by Crippen LogP contribution is 2.19. The molecular weight excluding hydrogens is 276 g/mol. The normalized spacial score (nSPS) is 11.6. The van der Waals surface area contributed by atoms with E-state index in [0.29, 0.717) is 5.65 Å². The van der Waals surface area contributed by atoms with Gasteiger partial charge in [0.25, 0.3) is 0 Å².